The maximum Gasteiger partial charge on any atom is 0.307 e. The van der Waals surface area contributed by atoms with E-state index in [0.717, 1.165) is 25.7 Å². The Kier molecular flexibility index (Phi) is 7.91. The smallest absolute Gasteiger partial charge is 0.307 e. The Labute approximate surface area is 158 Å². The van der Waals surface area contributed by atoms with Crippen LogP contribution in [0.5, 0.6) is 0 Å². The summed E-state index contributed by atoms with van der Waals surface area (Å²) in [6.45, 7) is 0.272. The zero-order valence-corrected chi connectivity index (χ0v) is 15.7. The van der Waals surface area contributed by atoms with Gasteiger partial charge in [-0.3, -0.25) is 14.4 Å². The first kappa shape index (κ1) is 20.2. The monoisotopic (exact) mass is 380 g/mol. The van der Waals surface area contributed by atoms with Crippen molar-refractivity contribution in [1.82, 2.24) is 10.6 Å². The maximum absolute atomic E-state index is 12.3. The predicted molar refractivity (Wildman–Crippen MR) is 98.6 cm³/mol. The molecule has 142 valence electrons. The van der Waals surface area contributed by atoms with E-state index < -0.39 is 12.0 Å². The van der Waals surface area contributed by atoms with Crippen LogP contribution in [0.4, 0.5) is 0 Å². The molecule has 2 N–H and O–H groups in total. The topological polar surface area (TPSA) is 84.5 Å². The number of carbonyl (C=O) groups is 3. The van der Waals surface area contributed by atoms with Crippen molar-refractivity contribution in [2.75, 3.05) is 13.7 Å². The molecular formula is C19H25ClN2O4. The molecule has 6 nitrogen and oxygen atoms in total. The van der Waals surface area contributed by atoms with E-state index in [1.165, 1.54) is 7.11 Å². The standard InChI is InChI=1S/C19H25ClN2O4/c1-26-18(24)12-16(14-8-4-5-9-15(14)20)22-17(23)10-11-21-19(25)13-6-2-3-7-13/h4-5,8-9,13,16H,2-3,6-7,10-12H2,1H3,(H,21,25)(H,22,23)/t16-/m0/s1. The second-order valence-electron chi connectivity index (χ2n) is 6.44. The fourth-order valence-corrected chi connectivity index (χ4v) is 3.41. The molecule has 0 radical (unpaired) electrons. The Morgan fingerprint density at radius 1 is 1.23 bits per heavy atom. The Bertz CT molecular complexity index is 644. The lowest BCUT2D eigenvalue weighted by Gasteiger charge is -2.19. The van der Waals surface area contributed by atoms with Crippen LogP contribution in [0.1, 0.15) is 50.1 Å². The molecule has 1 atom stereocenters. The van der Waals surface area contributed by atoms with Gasteiger partial charge in [0.15, 0.2) is 0 Å². The third-order valence-electron chi connectivity index (χ3n) is 4.59. The summed E-state index contributed by atoms with van der Waals surface area (Å²) in [5.41, 5.74) is 0.655. The van der Waals surface area contributed by atoms with E-state index in [9.17, 15) is 14.4 Å². The van der Waals surface area contributed by atoms with Gasteiger partial charge in [-0.1, -0.05) is 42.6 Å². The van der Waals surface area contributed by atoms with Gasteiger partial charge in [0.2, 0.25) is 11.8 Å². The van der Waals surface area contributed by atoms with Gasteiger partial charge in [-0.25, -0.2) is 0 Å². The highest BCUT2D eigenvalue weighted by Crippen LogP contribution is 2.26. The first-order valence-electron chi connectivity index (χ1n) is 8.89. The van der Waals surface area contributed by atoms with Gasteiger partial charge >= 0.3 is 5.97 Å². The van der Waals surface area contributed by atoms with Crippen molar-refractivity contribution >= 4 is 29.4 Å². The molecule has 2 amide bonds. The molecule has 0 aromatic heterocycles. The summed E-state index contributed by atoms with van der Waals surface area (Å²) in [5, 5.41) is 6.09. The molecular weight excluding hydrogens is 356 g/mol. The largest absolute Gasteiger partial charge is 0.469 e. The Hall–Kier alpha value is -2.08. The van der Waals surface area contributed by atoms with Crippen LogP contribution >= 0.6 is 11.6 Å². The van der Waals surface area contributed by atoms with Crippen LogP contribution in [0.15, 0.2) is 24.3 Å². The zero-order chi connectivity index (χ0) is 18.9. The molecule has 26 heavy (non-hydrogen) atoms. The first-order valence-corrected chi connectivity index (χ1v) is 9.27. The van der Waals surface area contributed by atoms with Crippen LogP contribution in [0.25, 0.3) is 0 Å². The molecule has 0 bridgehead atoms. The highest BCUT2D eigenvalue weighted by Gasteiger charge is 2.23. The lowest BCUT2D eigenvalue weighted by Crippen LogP contribution is -2.35. The van der Waals surface area contributed by atoms with Crippen LogP contribution in [0.2, 0.25) is 5.02 Å². The van der Waals surface area contributed by atoms with Gasteiger partial charge in [0, 0.05) is 23.9 Å². The third kappa shape index (κ3) is 6.02. The number of rotatable bonds is 8. The van der Waals surface area contributed by atoms with Gasteiger partial charge in [-0.2, -0.15) is 0 Å². The van der Waals surface area contributed by atoms with E-state index in [2.05, 4.69) is 10.6 Å². The number of esters is 1. The first-order chi connectivity index (χ1) is 12.5. The van der Waals surface area contributed by atoms with Gasteiger partial charge < -0.3 is 15.4 Å². The van der Waals surface area contributed by atoms with Crippen molar-refractivity contribution in [2.45, 2.75) is 44.6 Å². The number of amides is 2. The molecule has 7 heteroatoms. The summed E-state index contributed by atoms with van der Waals surface area (Å²) >= 11 is 6.19. The summed E-state index contributed by atoms with van der Waals surface area (Å²) in [4.78, 5) is 35.9. The Balaban J connectivity index is 1.88. The Morgan fingerprint density at radius 2 is 1.92 bits per heavy atom. The summed E-state index contributed by atoms with van der Waals surface area (Å²) in [6.07, 6.45) is 4.15. The lowest BCUT2D eigenvalue weighted by molar-refractivity contribution is -0.141. The average Bonchev–Trinajstić information content (AvgIpc) is 3.16. The number of hydrogen-bond acceptors (Lipinski definition) is 4. The second-order valence-corrected chi connectivity index (χ2v) is 6.85. The molecule has 0 saturated heterocycles. The normalized spacial score (nSPS) is 15.3. The van der Waals surface area contributed by atoms with Crippen LogP contribution in [-0.2, 0) is 19.1 Å². The van der Waals surface area contributed by atoms with Gasteiger partial charge in [0.1, 0.15) is 0 Å². The quantitative estimate of drug-likeness (QED) is 0.679. The number of hydrogen-bond donors (Lipinski definition) is 2. The van der Waals surface area contributed by atoms with E-state index in [-0.39, 0.29) is 37.1 Å². The number of carbonyl (C=O) groups excluding carboxylic acids is 3. The molecule has 1 saturated carbocycles. The lowest BCUT2D eigenvalue weighted by atomic mass is 10.0. The van der Waals surface area contributed by atoms with Crippen LogP contribution in [0, 0.1) is 5.92 Å². The minimum atomic E-state index is -0.575. The molecule has 0 heterocycles. The van der Waals surface area contributed by atoms with E-state index in [1.54, 1.807) is 24.3 Å². The average molecular weight is 381 g/mol. The van der Waals surface area contributed by atoms with Gasteiger partial charge in [-0.15, -0.1) is 0 Å². The predicted octanol–water partition coefficient (Wildman–Crippen LogP) is 2.76. The molecule has 1 aromatic carbocycles. The molecule has 1 fully saturated rings. The van der Waals surface area contributed by atoms with Crippen LogP contribution < -0.4 is 10.6 Å². The minimum Gasteiger partial charge on any atom is -0.469 e. The van der Waals surface area contributed by atoms with Crippen molar-refractivity contribution in [3.05, 3.63) is 34.9 Å². The fraction of sp³-hybridized carbons (Fsp3) is 0.526. The van der Waals surface area contributed by atoms with Crippen LogP contribution in [0.3, 0.4) is 0 Å². The number of halogens is 1. The minimum absolute atomic E-state index is 0.0135. The third-order valence-corrected chi connectivity index (χ3v) is 4.94. The number of benzene rings is 1. The van der Waals surface area contributed by atoms with Gasteiger partial charge in [0.25, 0.3) is 0 Å². The summed E-state index contributed by atoms with van der Waals surface area (Å²) < 4.78 is 4.70. The molecule has 2 rings (SSSR count). The summed E-state index contributed by atoms with van der Waals surface area (Å²) in [5.74, 6) is -0.601. The molecule has 0 spiro atoms. The van der Waals surface area contributed by atoms with Crippen molar-refractivity contribution in [1.29, 1.82) is 0 Å². The van der Waals surface area contributed by atoms with Crippen molar-refractivity contribution in [2.24, 2.45) is 5.92 Å². The van der Waals surface area contributed by atoms with Crippen molar-refractivity contribution < 1.29 is 19.1 Å². The second kappa shape index (κ2) is 10.2. The summed E-state index contributed by atoms with van der Waals surface area (Å²) in [7, 11) is 1.30. The highest BCUT2D eigenvalue weighted by molar-refractivity contribution is 6.31. The fourth-order valence-electron chi connectivity index (χ4n) is 3.14. The number of nitrogens with one attached hydrogen (secondary N) is 2. The van der Waals surface area contributed by atoms with Gasteiger partial charge in [-0.05, 0) is 24.5 Å². The molecule has 1 aliphatic carbocycles. The maximum atomic E-state index is 12.3. The summed E-state index contributed by atoms with van der Waals surface area (Å²) in [6, 6.07) is 6.46. The van der Waals surface area contributed by atoms with Gasteiger partial charge in [0.05, 0.1) is 19.6 Å². The molecule has 0 unspecified atom stereocenters. The van der Waals surface area contributed by atoms with E-state index in [4.69, 9.17) is 16.3 Å². The van der Waals surface area contributed by atoms with E-state index in [1.807, 2.05) is 0 Å². The number of ether oxygens (including phenoxy) is 1. The van der Waals surface area contributed by atoms with Crippen molar-refractivity contribution in [3.8, 4) is 0 Å². The van der Waals surface area contributed by atoms with E-state index >= 15 is 0 Å². The molecule has 0 aliphatic heterocycles. The van der Waals surface area contributed by atoms with Crippen LogP contribution in [-0.4, -0.2) is 31.4 Å². The molecule has 1 aromatic rings. The Morgan fingerprint density at radius 3 is 2.58 bits per heavy atom. The zero-order valence-electron chi connectivity index (χ0n) is 14.9. The highest BCUT2D eigenvalue weighted by atomic mass is 35.5. The number of methoxy groups -OCH3 is 1. The van der Waals surface area contributed by atoms with E-state index in [0.29, 0.717) is 10.6 Å². The molecule has 1 aliphatic rings. The van der Waals surface area contributed by atoms with Crippen molar-refractivity contribution in [3.63, 3.8) is 0 Å². The SMILES string of the molecule is COC(=O)C[C@H](NC(=O)CCNC(=O)C1CCCC1)c1ccccc1Cl.